The van der Waals surface area contributed by atoms with Gasteiger partial charge in [-0.25, -0.2) is 0 Å². The first-order valence-electron chi connectivity index (χ1n) is 4.65. The van der Waals surface area contributed by atoms with Crippen molar-refractivity contribution in [2.75, 3.05) is 0 Å². The van der Waals surface area contributed by atoms with Gasteiger partial charge < -0.3 is 0 Å². The molecular formula is C13H9OS. The Morgan fingerprint density at radius 1 is 0.867 bits per heavy atom. The van der Waals surface area contributed by atoms with Crippen LogP contribution < -0.4 is 0 Å². The normalized spacial score (nSPS) is 9.87. The number of carbonyl (C=O) groups is 1. The van der Waals surface area contributed by atoms with Crippen molar-refractivity contribution >= 4 is 18.4 Å². The molecule has 73 valence electrons. The molecule has 0 unspecified atom stereocenters. The van der Waals surface area contributed by atoms with E-state index in [4.69, 9.17) is 12.6 Å². The molecule has 0 saturated heterocycles. The van der Waals surface area contributed by atoms with Crippen LogP contribution in [0, 0.1) is 0 Å². The Kier molecular flexibility index (Phi) is 2.79. The van der Waals surface area contributed by atoms with Crippen LogP contribution in [0.15, 0.2) is 59.5 Å². The van der Waals surface area contributed by atoms with Gasteiger partial charge in [-0.2, -0.15) is 0 Å². The summed E-state index contributed by atoms with van der Waals surface area (Å²) < 4.78 is 0. The Labute approximate surface area is 94.2 Å². The maximum atomic E-state index is 12.0. The topological polar surface area (TPSA) is 17.1 Å². The highest BCUT2D eigenvalue weighted by Gasteiger charge is 2.10. The maximum Gasteiger partial charge on any atom is 0.194 e. The van der Waals surface area contributed by atoms with Gasteiger partial charge in [-0.3, -0.25) is 4.79 Å². The number of rotatable bonds is 2. The van der Waals surface area contributed by atoms with Crippen molar-refractivity contribution in [1.82, 2.24) is 0 Å². The lowest BCUT2D eigenvalue weighted by Crippen LogP contribution is -2.01. The first kappa shape index (κ1) is 9.87. The van der Waals surface area contributed by atoms with Crippen LogP contribution in [0.3, 0.4) is 0 Å². The molecule has 0 aliphatic rings. The average Bonchev–Trinajstić information content (AvgIpc) is 2.30. The van der Waals surface area contributed by atoms with E-state index in [0.29, 0.717) is 16.0 Å². The van der Waals surface area contributed by atoms with Crippen molar-refractivity contribution in [1.29, 1.82) is 0 Å². The fourth-order valence-corrected chi connectivity index (χ4v) is 1.64. The van der Waals surface area contributed by atoms with Crippen LogP contribution >= 0.6 is 12.6 Å². The molecule has 1 nitrogen and oxygen atoms in total. The molecule has 0 aliphatic heterocycles. The summed E-state index contributed by atoms with van der Waals surface area (Å²) in [5.74, 6) is -0.0128. The molecule has 15 heavy (non-hydrogen) atoms. The predicted molar refractivity (Wildman–Crippen MR) is 62.2 cm³/mol. The molecule has 0 heterocycles. The molecule has 0 saturated carbocycles. The number of ketones is 1. The van der Waals surface area contributed by atoms with Crippen LogP contribution in [-0.2, 0) is 0 Å². The molecule has 1 radical (unpaired) electrons. The predicted octanol–water partition coefficient (Wildman–Crippen LogP) is 3.47. The molecule has 2 aromatic rings. The van der Waals surface area contributed by atoms with Gasteiger partial charge in [-0.15, -0.1) is 0 Å². The van der Waals surface area contributed by atoms with Crippen LogP contribution in [0.5, 0.6) is 0 Å². The average molecular weight is 213 g/mol. The van der Waals surface area contributed by atoms with E-state index in [9.17, 15) is 4.79 Å². The molecule has 0 N–H and O–H groups in total. The molecule has 0 atom stereocenters. The molecule has 0 bridgehead atoms. The third-order valence-electron chi connectivity index (χ3n) is 2.17. The molecule has 2 rings (SSSR count). The van der Waals surface area contributed by atoms with Crippen molar-refractivity contribution in [2.45, 2.75) is 4.90 Å². The molecule has 2 aromatic carbocycles. The Morgan fingerprint density at radius 2 is 1.47 bits per heavy atom. The van der Waals surface area contributed by atoms with Crippen molar-refractivity contribution < 1.29 is 4.79 Å². The van der Waals surface area contributed by atoms with Crippen molar-refractivity contribution in [3.8, 4) is 0 Å². The minimum absolute atomic E-state index is 0.0128. The molecule has 0 aliphatic carbocycles. The highest BCUT2D eigenvalue weighted by molar-refractivity contribution is 7.80. The standard InChI is InChI=1S/C13H9OS/c14-13(10-6-2-1-3-7-10)11-8-4-5-9-12(11)15/h1-9H. The summed E-state index contributed by atoms with van der Waals surface area (Å²) in [6, 6.07) is 16.4. The number of hydrogen-bond acceptors (Lipinski definition) is 1. The molecule has 0 fully saturated rings. The number of benzene rings is 2. The van der Waals surface area contributed by atoms with Crippen molar-refractivity contribution in [2.24, 2.45) is 0 Å². The lowest BCUT2D eigenvalue weighted by Gasteiger charge is -2.02. The fraction of sp³-hybridized carbons (Fsp3) is 0. The van der Waals surface area contributed by atoms with Crippen LogP contribution in [0.25, 0.3) is 0 Å². The van der Waals surface area contributed by atoms with Crippen LogP contribution in [0.1, 0.15) is 15.9 Å². The first-order chi connectivity index (χ1) is 7.29. The smallest absolute Gasteiger partial charge is 0.194 e. The number of carbonyl (C=O) groups excluding carboxylic acids is 1. The minimum Gasteiger partial charge on any atom is -0.289 e. The largest absolute Gasteiger partial charge is 0.289 e. The summed E-state index contributed by atoms with van der Waals surface area (Å²) >= 11 is 5.11. The van der Waals surface area contributed by atoms with E-state index in [2.05, 4.69) is 0 Å². The third kappa shape index (κ3) is 2.05. The van der Waals surface area contributed by atoms with Crippen LogP contribution in [0.2, 0.25) is 0 Å². The van der Waals surface area contributed by atoms with E-state index in [0.717, 1.165) is 0 Å². The van der Waals surface area contributed by atoms with Crippen molar-refractivity contribution in [3.63, 3.8) is 0 Å². The van der Waals surface area contributed by atoms with Gasteiger partial charge in [0.25, 0.3) is 0 Å². The zero-order valence-electron chi connectivity index (χ0n) is 8.01. The monoisotopic (exact) mass is 213 g/mol. The van der Waals surface area contributed by atoms with Crippen molar-refractivity contribution in [3.05, 3.63) is 65.7 Å². The van der Waals surface area contributed by atoms with E-state index >= 15 is 0 Å². The summed E-state index contributed by atoms with van der Waals surface area (Å²) in [6.45, 7) is 0. The van der Waals surface area contributed by atoms with Gasteiger partial charge in [-0.05, 0) is 12.1 Å². The van der Waals surface area contributed by atoms with Gasteiger partial charge in [0.1, 0.15) is 0 Å². The summed E-state index contributed by atoms with van der Waals surface area (Å²) in [7, 11) is 0. The minimum atomic E-state index is -0.0128. The quantitative estimate of drug-likeness (QED) is 0.698. The first-order valence-corrected chi connectivity index (χ1v) is 5.05. The van der Waals surface area contributed by atoms with E-state index in [1.165, 1.54) is 0 Å². The summed E-state index contributed by atoms with van der Waals surface area (Å²) in [5.41, 5.74) is 1.27. The number of hydrogen-bond donors (Lipinski definition) is 0. The van der Waals surface area contributed by atoms with Gasteiger partial charge >= 0.3 is 0 Å². The Bertz CT molecular complexity index is 477. The lowest BCUT2D eigenvalue weighted by atomic mass is 10.0. The summed E-state index contributed by atoms with van der Waals surface area (Å²) in [5, 5.41) is 0. The highest BCUT2D eigenvalue weighted by Crippen LogP contribution is 2.17. The second-order valence-corrected chi connectivity index (χ2v) is 3.63. The van der Waals surface area contributed by atoms with E-state index in [1.54, 1.807) is 24.3 Å². The Balaban J connectivity index is 2.42. The van der Waals surface area contributed by atoms with Gasteiger partial charge in [0.15, 0.2) is 5.78 Å². The molecule has 0 spiro atoms. The van der Waals surface area contributed by atoms with Gasteiger partial charge in [-0.1, -0.05) is 55.1 Å². The van der Waals surface area contributed by atoms with E-state index in [1.807, 2.05) is 30.3 Å². The van der Waals surface area contributed by atoms with E-state index < -0.39 is 0 Å². The molecular weight excluding hydrogens is 204 g/mol. The lowest BCUT2D eigenvalue weighted by molar-refractivity contribution is 0.103. The molecule has 2 heteroatoms. The maximum absolute atomic E-state index is 12.0. The zero-order valence-corrected chi connectivity index (χ0v) is 8.83. The molecule has 0 aromatic heterocycles. The third-order valence-corrected chi connectivity index (χ3v) is 2.52. The fourth-order valence-electron chi connectivity index (χ4n) is 1.40. The highest BCUT2D eigenvalue weighted by atomic mass is 32.1. The second-order valence-electron chi connectivity index (χ2n) is 3.19. The Hall–Kier alpha value is -1.67. The second kappa shape index (κ2) is 4.24. The van der Waals surface area contributed by atoms with E-state index in [-0.39, 0.29) is 5.78 Å². The summed E-state index contributed by atoms with van der Waals surface area (Å²) in [6.07, 6.45) is 0. The Morgan fingerprint density at radius 3 is 2.13 bits per heavy atom. The molecule has 0 amide bonds. The van der Waals surface area contributed by atoms with Crippen LogP contribution in [0.4, 0.5) is 0 Å². The SMILES string of the molecule is O=C(c1ccccc1)c1ccccc1[S]. The van der Waals surface area contributed by atoms with Gasteiger partial charge in [0, 0.05) is 16.0 Å². The van der Waals surface area contributed by atoms with Gasteiger partial charge in [0.05, 0.1) is 0 Å². The van der Waals surface area contributed by atoms with Crippen LogP contribution in [-0.4, -0.2) is 5.78 Å². The van der Waals surface area contributed by atoms with Gasteiger partial charge in [0.2, 0.25) is 0 Å². The summed E-state index contributed by atoms with van der Waals surface area (Å²) in [4.78, 5) is 12.6. The zero-order chi connectivity index (χ0) is 10.7.